The second-order valence-electron chi connectivity index (χ2n) is 5.71. The number of carboxylic acids is 1. The van der Waals surface area contributed by atoms with Crippen molar-refractivity contribution >= 4 is 24.3 Å². The van der Waals surface area contributed by atoms with Gasteiger partial charge < -0.3 is 14.4 Å². The fraction of sp³-hybridized carbons (Fsp3) is 0.312. The fourth-order valence-corrected chi connectivity index (χ4v) is 2.80. The van der Waals surface area contributed by atoms with Gasteiger partial charge in [0.15, 0.2) is 5.69 Å². The number of hydrogen-bond donors (Lipinski definition) is 1. The Kier molecular flexibility index (Phi) is 5.60. The van der Waals surface area contributed by atoms with Gasteiger partial charge in [-0.1, -0.05) is 18.2 Å². The summed E-state index contributed by atoms with van der Waals surface area (Å²) in [6.45, 7) is -1.24. The first-order valence-corrected chi connectivity index (χ1v) is 7.37. The van der Waals surface area contributed by atoms with Crippen LogP contribution in [0, 0.1) is 11.8 Å². The second-order valence-corrected chi connectivity index (χ2v) is 5.71. The molecule has 26 heavy (non-hydrogen) atoms. The van der Waals surface area contributed by atoms with Crippen molar-refractivity contribution in [3.63, 3.8) is 0 Å². The largest absolute Gasteiger partial charge is 0.481 e. The predicted octanol–water partition coefficient (Wildman–Crippen LogP) is 3.10. The van der Waals surface area contributed by atoms with Gasteiger partial charge in [0.1, 0.15) is 6.26 Å². The first kappa shape index (κ1) is 19.8. The molecular formula is C16H14ClF3N2O4. The molecule has 0 saturated carbocycles. The summed E-state index contributed by atoms with van der Waals surface area (Å²) in [6.07, 6.45) is -3.64. The lowest BCUT2D eigenvalue weighted by Gasteiger charge is -2.17. The molecule has 1 N–H and O–H groups in total. The minimum Gasteiger partial charge on any atom is -0.481 e. The number of likely N-dealkylation sites (tertiary alicyclic amines) is 1. The molecule has 0 radical (unpaired) electrons. The van der Waals surface area contributed by atoms with E-state index in [4.69, 9.17) is 9.52 Å². The van der Waals surface area contributed by atoms with Crippen LogP contribution in [0.15, 0.2) is 41.0 Å². The first-order valence-electron chi connectivity index (χ1n) is 7.37. The van der Waals surface area contributed by atoms with Crippen LogP contribution in [-0.4, -0.2) is 46.1 Å². The molecule has 1 aromatic heterocycles. The molecule has 1 fully saturated rings. The molecule has 1 aromatic carbocycles. The number of carbonyl (C=O) groups excluding carboxylic acids is 1. The van der Waals surface area contributed by atoms with Gasteiger partial charge >= 0.3 is 12.1 Å². The van der Waals surface area contributed by atoms with Gasteiger partial charge in [0.05, 0.1) is 11.8 Å². The molecule has 2 aromatic rings. The molecule has 140 valence electrons. The third kappa shape index (κ3) is 3.82. The average Bonchev–Trinajstić information content (AvgIpc) is 3.22. The van der Waals surface area contributed by atoms with Crippen molar-refractivity contribution in [2.45, 2.75) is 6.18 Å². The molecule has 1 amide bonds. The lowest BCUT2D eigenvalue weighted by atomic mass is 9.96. The van der Waals surface area contributed by atoms with Crippen LogP contribution in [0.5, 0.6) is 0 Å². The third-order valence-corrected chi connectivity index (χ3v) is 4.09. The van der Waals surface area contributed by atoms with Crippen LogP contribution < -0.4 is 0 Å². The standard InChI is InChI=1S/C16H13F3N2O4.ClH/c17-16(18,19)11-7-21(6-10(11)15(23)24)14(22)12-8-25-13(20-12)9-4-2-1-3-5-9;/h1-5,8,10-11H,6-7H2,(H,23,24);1H/t10-,11-;/m1./s1. The molecule has 1 aliphatic heterocycles. The van der Waals surface area contributed by atoms with E-state index in [1.165, 1.54) is 0 Å². The number of alkyl halides is 3. The molecule has 0 aliphatic carbocycles. The van der Waals surface area contributed by atoms with Crippen molar-refractivity contribution in [2.75, 3.05) is 13.1 Å². The van der Waals surface area contributed by atoms with Crippen molar-refractivity contribution in [1.29, 1.82) is 0 Å². The minimum atomic E-state index is -4.70. The zero-order valence-corrected chi connectivity index (χ0v) is 14.0. The number of amides is 1. The number of carboxylic acid groups (broad SMARTS) is 1. The van der Waals surface area contributed by atoms with E-state index in [0.29, 0.717) is 5.56 Å². The Labute approximate surface area is 152 Å². The summed E-state index contributed by atoms with van der Waals surface area (Å²) >= 11 is 0. The summed E-state index contributed by atoms with van der Waals surface area (Å²) in [4.78, 5) is 28.3. The molecule has 3 rings (SSSR count). The molecule has 2 atom stereocenters. The van der Waals surface area contributed by atoms with E-state index in [1.807, 2.05) is 0 Å². The summed E-state index contributed by atoms with van der Waals surface area (Å²) < 4.78 is 44.2. The highest BCUT2D eigenvalue weighted by molar-refractivity contribution is 5.93. The number of rotatable bonds is 3. The Morgan fingerprint density at radius 3 is 2.38 bits per heavy atom. The Balaban J connectivity index is 0.00000243. The number of hydrogen-bond acceptors (Lipinski definition) is 4. The maximum Gasteiger partial charge on any atom is 0.394 e. The summed E-state index contributed by atoms with van der Waals surface area (Å²) in [5.74, 6) is -6.00. The molecule has 10 heteroatoms. The SMILES string of the molecule is Cl.O=C(O)[C@@H]1CN(C(=O)c2coc(-c3ccccc3)n2)C[C@H]1C(F)(F)F. The highest BCUT2D eigenvalue weighted by Gasteiger charge is 2.53. The van der Waals surface area contributed by atoms with Gasteiger partial charge in [-0.3, -0.25) is 9.59 Å². The lowest BCUT2D eigenvalue weighted by Crippen LogP contribution is -2.34. The van der Waals surface area contributed by atoms with Crippen molar-refractivity contribution in [3.05, 3.63) is 42.3 Å². The number of halogens is 4. The van der Waals surface area contributed by atoms with Crippen molar-refractivity contribution < 1.29 is 32.3 Å². The highest BCUT2D eigenvalue weighted by Crippen LogP contribution is 2.38. The Morgan fingerprint density at radius 1 is 1.19 bits per heavy atom. The lowest BCUT2D eigenvalue weighted by molar-refractivity contribution is -0.187. The monoisotopic (exact) mass is 390 g/mol. The summed E-state index contributed by atoms with van der Waals surface area (Å²) in [5.41, 5.74) is 0.449. The molecular weight excluding hydrogens is 377 g/mol. The molecule has 2 heterocycles. The van der Waals surface area contributed by atoms with E-state index in [2.05, 4.69) is 4.98 Å². The summed E-state index contributed by atoms with van der Waals surface area (Å²) in [7, 11) is 0. The van der Waals surface area contributed by atoms with E-state index in [-0.39, 0.29) is 24.0 Å². The number of aliphatic carboxylic acids is 1. The van der Waals surface area contributed by atoms with Crippen LogP contribution >= 0.6 is 12.4 Å². The Bertz CT molecular complexity index is 794. The van der Waals surface area contributed by atoms with Crippen LogP contribution in [0.2, 0.25) is 0 Å². The molecule has 1 saturated heterocycles. The smallest absolute Gasteiger partial charge is 0.394 e. The van der Waals surface area contributed by atoms with Crippen molar-refractivity contribution in [1.82, 2.24) is 9.88 Å². The molecule has 0 bridgehead atoms. The normalized spacial score (nSPS) is 19.9. The van der Waals surface area contributed by atoms with Crippen LogP contribution in [0.1, 0.15) is 10.5 Å². The summed E-state index contributed by atoms with van der Waals surface area (Å²) in [6, 6.07) is 8.68. The van der Waals surface area contributed by atoms with Gasteiger partial charge in [-0.25, -0.2) is 4.98 Å². The van der Waals surface area contributed by atoms with E-state index in [0.717, 1.165) is 11.2 Å². The average molecular weight is 391 g/mol. The third-order valence-electron chi connectivity index (χ3n) is 4.09. The Morgan fingerprint density at radius 2 is 1.85 bits per heavy atom. The Hall–Kier alpha value is -2.55. The quantitative estimate of drug-likeness (QED) is 0.870. The van der Waals surface area contributed by atoms with Gasteiger partial charge in [0.2, 0.25) is 5.89 Å². The van der Waals surface area contributed by atoms with E-state index in [9.17, 15) is 22.8 Å². The van der Waals surface area contributed by atoms with E-state index < -0.39 is 43.0 Å². The van der Waals surface area contributed by atoms with Crippen LogP contribution in [0.3, 0.4) is 0 Å². The van der Waals surface area contributed by atoms with Crippen LogP contribution in [-0.2, 0) is 4.79 Å². The highest BCUT2D eigenvalue weighted by atomic mass is 35.5. The van der Waals surface area contributed by atoms with E-state index in [1.54, 1.807) is 30.3 Å². The van der Waals surface area contributed by atoms with Gasteiger partial charge in [-0.2, -0.15) is 13.2 Å². The zero-order chi connectivity index (χ0) is 18.2. The predicted molar refractivity (Wildman–Crippen MR) is 85.8 cm³/mol. The maximum atomic E-state index is 13.0. The van der Waals surface area contributed by atoms with Gasteiger partial charge in [-0.15, -0.1) is 12.4 Å². The molecule has 1 aliphatic rings. The fourth-order valence-electron chi connectivity index (χ4n) is 2.80. The van der Waals surface area contributed by atoms with Gasteiger partial charge in [0, 0.05) is 18.7 Å². The minimum absolute atomic E-state index is 0. The van der Waals surface area contributed by atoms with Gasteiger partial charge in [-0.05, 0) is 12.1 Å². The molecule has 0 spiro atoms. The molecule has 0 unspecified atom stereocenters. The number of benzene rings is 1. The van der Waals surface area contributed by atoms with Crippen molar-refractivity contribution in [3.8, 4) is 11.5 Å². The van der Waals surface area contributed by atoms with Crippen LogP contribution in [0.4, 0.5) is 13.2 Å². The number of oxazole rings is 1. The number of aromatic nitrogens is 1. The topological polar surface area (TPSA) is 83.6 Å². The second kappa shape index (κ2) is 7.36. The maximum absolute atomic E-state index is 13.0. The summed E-state index contributed by atoms with van der Waals surface area (Å²) in [5, 5.41) is 9.00. The van der Waals surface area contributed by atoms with Gasteiger partial charge in [0.25, 0.3) is 5.91 Å². The first-order chi connectivity index (χ1) is 11.8. The van der Waals surface area contributed by atoms with E-state index >= 15 is 0 Å². The van der Waals surface area contributed by atoms with Crippen LogP contribution in [0.25, 0.3) is 11.5 Å². The number of carbonyl (C=O) groups is 2. The molecule has 6 nitrogen and oxygen atoms in total. The number of nitrogens with zero attached hydrogens (tertiary/aromatic N) is 2. The van der Waals surface area contributed by atoms with Crippen molar-refractivity contribution in [2.24, 2.45) is 11.8 Å². The zero-order valence-electron chi connectivity index (χ0n) is 13.1.